The molecule has 2 aromatic carbocycles. The number of benzene rings is 2. The number of ether oxygens (including phenoxy) is 1. The number of piperidine rings is 1. The Labute approximate surface area is 184 Å². The Bertz CT molecular complexity index is 834. The first-order valence-corrected chi connectivity index (χ1v) is 10.2. The normalized spacial score (nSPS) is 14.0. The van der Waals surface area contributed by atoms with Gasteiger partial charge in [-0.15, -0.1) is 12.4 Å². The van der Waals surface area contributed by atoms with Crippen LogP contribution in [-0.4, -0.2) is 50.0 Å². The molecule has 0 radical (unpaired) electrons. The van der Waals surface area contributed by atoms with Gasteiger partial charge in [-0.3, -0.25) is 9.59 Å². The summed E-state index contributed by atoms with van der Waals surface area (Å²) in [5.41, 5.74) is 1.57. The van der Waals surface area contributed by atoms with Gasteiger partial charge in [0.1, 0.15) is 5.75 Å². The Morgan fingerprint density at radius 3 is 2.37 bits per heavy atom. The lowest BCUT2D eigenvalue weighted by Gasteiger charge is -2.32. The average molecular weight is 432 g/mol. The largest absolute Gasteiger partial charge is 0.497 e. The molecule has 1 heterocycles. The van der Waals surface area contributed by atoms with Crippen LogP contribution >= 0.6 is 12.4 Å². The van der Waals surface area contributed by atoms with E-state index in [9.17, 15) is 9.59 Å². The zero-order valence-corrected chi connectivity index (χ0v) is 18.3. The van der Waals surface area contributed by atoms with Crippen molar-refractivity contribution in [1.29, 1.82) is 0 Å². The molecule has 0 bridgehead atoms. The van der Waals surface area contributed by atoms with Crippen molar-refractivity contribution in [2.24, 2.45) is 5.92 Å². The van der Waals surface area contributed by atoms with Crippen LogP contribution in [0, 0.1) is 5.92 Å². The number of nitrogens with zero attached hydrogens (tertiary/aromatic N) is 1. The van der Waals surface area contributed by atoms with Crippen LogP contribution in [0.25, 0.3) is 0 Å². The van der Waals surface area contributed by atoms with E-state index in [0.29, 0.717) is 28.5 Å². The van der Waals surface area contributed by atoms with Gasteiger partial charge in [-0.2, -0.15) is 0 Å². The minimum absolute atomic E-state index is 0. The van der Waals surface area contributed by atoms with Crippen molar-refractivity contribution in [2.75, 3.05) is 38.6 Å². The number of methoxy groups -OCH3 is 1. The Balaban J connectivity index is 0.00000320. The second-order valence-corrected chi connectivity index (χ2v) is 7.27. The van der Waals surface area contributed by atoms with Gasteiger partial charge in [-0.25, -0.2) is 0 Å². The summed E-state index contributed by atoms with van der Waals surface area (Å²) in [5, 5.41) is 6.27. The van der Waals surface area contributed by atoms with Gasteiger partial charge >= 0.3 is 0 Å². The molecule has 0 spiro atoms. The molecule has 2 amide bonds. The molecule has 3 rings (SSSR count). The number of amides is 2. The first-order chi connectivity index (χ1) is 14.1. The molecular weight excluding hydrogens is 402 g/mol. The minimum Gasteiger partial charge on any atom is -0.497 e. The Morgan fingerprint density at radius 2 is 1.73 bits per heavy atom. The number of halogens is 1. The fourth-order valence-corrected chi connectivity index (χ4v) is 3.57. The van der Waals surface area contributed by atoms with Gasteiger partial charge in [0.25, 0.3) is 11.8 Å². The molecule has 162 valence electrons. The maximum absolute atomic E-state index is 13.1. The van der Waals surface area contributed by atoms with E-state index < -0.39 is 0 Å². The molecule has 30 heavy (non-hydrogen) atoms. The summed E-state index contributed by atoms with van der Waals surface area (Å²) in [6.07, 6.45) is 2.00. The molecule has 1 aliphatic rings. The molecule has 6 nitrogen and oxygen atoms in total. The van der Waals surface area contributed by atoms with Crippen molar-refractivity contribution in [3.63, 3.8) is 0 Å². The number of carbonyl (C=O) groups excluding carboxylic acids is 2. The quantitative estimate of drug-likeness (QED) is 0.698. The van der Waals surface area contributed by atoms with E-state index in [1.807, 2.05) is 17.0 Å². The Hall–Kier alpha value is -2.57. The molecule has 7 heteroatoms. The molecule has 0 aromatic heterocycles. The number of nitrogens with one attached hydrogen (secondary N) is 2. The molecule has 0 atom stereocenters. The first kappa shape index (κ1) is 23.7. The number of carbonyl (C=O) groups is 2. The Morgan fingerprint density at radius 1 is 1.07 bits per heavy atom. The number of anilines is 1. The molecular formula is C23H30ClN3O3. The number of hydrogen-bond acceptors (Lipinski definition) is 4. The highest BCUT2D eigenvalue weighted by molar-refractivity contribution is 6.09. The summed E-state index contributed by atoms with van der Waals surface area (Å²) in [4.78, 5) is 27.6. The van der Waals surface area contributed by atoms with E-state index in [2.05, 4.69) is 17.6 Å². The average Bonchev–Trinajstić information content (AvgIpc) is 2.78. The van der Waals surface area contributed by atoms with E-state index in [0.717, 1.165) is 39.0 Å². The fraction of sp³-hybridized carbons (Fsp3) is 0.391. The van der Waals surface area contributed by atoms with Crippen LogP contribution < -0.4 is 15.4 Å². The lowest BCUT2D eigenvalue weighted by Crippen LogP contribution is -2.41. The summed E-state index contributed by atoms with van der Waals surface area (Å²) >= 11 is 0. The molecule has 0 unspecified atom stereocenters. The number of para-hydroxylation sites is 1. The van der Waals surface area contributed by atoms with E-state index >= 15 is 0 Å². The van der Waals surface area contributed by atoms with Crippen LogP contribution in [0.3, 0.4) is 0 Å². The highest BCUT2D eigenvalue weighted by atomic mass is 35.5. The van der Waals surface area contributed by atoms with Crippen molar-refractivity contribution in [2.45, 2.75) is 19.8 Å². The van der Waals surface area contributed by atoms with Gasteiger partial charge in [0, 0.05) is 18.7 Å². The van der Waals surface area contributed by atoms with Gasteiger partial charge in [0.2, 0.25) is 0 Å². The molecule has 0 aliphatic carbocycles. The van der Waals surface area contributed by atoms with Crippen LogP contribution in [0.5, 0.6) is 5.75 Å². The summed E-state index contributed by atoms with van der Waals surface area (Å²) in [6, 6.07) is 14.1. The number of hydrogen-bond donors (Lipinski definition) is 2. The van der Waals surface area contributed by atoms with Crippen molar-refractivity contribution >= 4 is 29.9 Å². The van der Waals surface area contributed by atoms with E-state index in [4.69, 9.17) is 4.74 Å². The number of rotatable bonds is 7. The topological polar surface area (TPSA) is 70.7 Å². The zero-order chi connectivity index (χ0) is 20.6. The highest BCUT2D eigenvalue weighted by Crippen LogP contribution is 2.23. The maximum atomic E-state index is 13.1. The first-order valence-electron chi connectivity index (χ1n) is 10.2. The highest BCUT2D eigenvalue weighted by Gasteiger charge is 2.25. The van der Waals surface area contributed by atoms with Crippen LogP contribution in [0.4, 0.5) is 5.69 Å². The van der Waals surface area contributed by atoms with E-state index in [-0.39, 0.29) is 24.2 Å². The lowest BCUT2D eigenvalue weighted by molar-refractivity contribution is 0.0691. The predicted molar refractivity (Wildman–Crippen MR) is 122 cm³/mol. The van der Waals surface area contributed by atoms with Crippen LogP contribution in [0.2, 0.25) is 0 Å². The third kappa shape index (κ3) is 5.97. The van der Waals surface area contributed by atoms with Crippen molar-refractivity contribution in [3.05, 3.63) is 59.7 Å². The zero-order valence-electron chi connectivity index (χ0n) is 17.5. The Kier molecular flexibility index (Phi) is 9.15. The molecule has 2 N–H and O–H groups in total. The summed E-state index contributed by atoms with van der Waals surface area (Å²) in [5.74, 6) is 1.02. The smallest absolute Gasteiger partial charge is 0.255 e. The molecule has 1 fully saturated rings. The third-order valence-corrected chi connectivity index (χ3v) is 5.34. The van der Waals surface area contributed by atoms with E-state index in [1.54, 1.807) is 43.5 Å². The third-order valence-electron chi connectivity index (χ3n) is 5.34. The van der Waals surface area contributed by atoms with Gasteiger partial charge in [-0.05, 0) is 68.2 Å². The van der Waals surface area contributed by atoms with E-state index in [1.165, 1.54) is 0 Å². The number of likely N-dealkylation sites (tertiary alicyclic amines) is 1. The molecule has 1 saturated heterocycles. The second kappa shape index (κ2) is 11.6. The summed E-state index contributed by atoms with van der Waals surface area (Å²) < 4.78 is 5.13. The van der Waals surface area contributed by atoms with Gasteiger partial charge in [0.05, 0.1) is 18.4 Å². The SMILES string of the molecule is CCNCC1CCN(C(=O)c2ccccc2NC(=O)c2ccc(OC)cc2)CC1.Cl. The monoisotopic (exact) mass is 431 g/mol. The van der Waals surface area contributed by atoms with Crippen molar-refractivity contribution in [1.82, 2.24) is 10.2 Å². The van der Waals surface area contributed by atoms with Crippen molar-refractivity contribution in [3.8, 4) is 5.75 Å². The van der Waals surface area contributed by atoms with Gasteiger partial charge in [-0.1, -0.05) is 19.1 Å². The lowest BCUT2D eigenvalue weighted by atomic mass is 9.96. The van der Waals surface area contributed by atoms with Crippen LogP contribution in [-0.2, 0) is 0 Å². The fourth-order valence-electron chi connectivity index (χ4n) is 3.57. The summed E-state index contributed by atoms with van der Waals surface area (Å²) in [6.45, 7) is 5.58. The van der Waals surface area contributed by atoms with Crippen molar-refractivity contribution < 1.29 is 14.3 Å². The molecule has 1 aliphatic heterocycles. The second-order valence-electron chi connectivity index (χ2n) is 7.27. The predicted octanol–water partition coefficient (Wildman–Crippen LogP) is 3.83. The van der Waals surface area contributed by atoms with Crippen LogP contribution in [0.15, 0.2) is 48.5 Å². The maximum Gasteiger partial charge on any atom is 0.255 e. The van der Waals surface area contributed by atoms with Gasteiger partial charge < -0.3 is 20.3 Å². The molecule has 0 saturated carbocycles. The van der Waals surface area contributed by atoms with Crippen LogP contribution in [0.1, 0.15) is 40.5 Å². The minimum atomic E-state index is -0.253. The molecule has 2 aromatic rings. The summed E-state index contributed by atoms with van der Waals surface area (Å²) in [7, 11) is 1.58. The standard InChI is InChI=1S/C23H29N3O3.ClH/c1-3-24-16-17-12-14-26(15-13-17)23(28)20-6-4-5-7-21(20)25-22(27)18-8-10-19(29-2)11-9-18;/h4-11,17,24H,3,12-16H2,1-2H3,(H,25,27);1H. The van der Waals surface area contributed by atoms with Gasteiger partial charge in [0.15, 0.2) is 0 Å².